The second kappa shape index (κ2) is 8.34. The van der Waals surface area contributed by atoms with Gasteiger partial charge in [-0.25, -0.2) is 4.98 Å². The van der Waals surface area contributed by atoms with Crippen LogP contribution >= 0.6 is 0 Å². The molecule has 0 aliphatic rings. The Bertz CT molecular complexity index is 593. The molecular formula is C17H23N3O2. The number of amides is 1. The summed E-state index contributed by atoms with van der Waals surface area (Å²) in [5.41, 5.74) is 2.37. The number of ether oxygens (including phenoxy) is 1. The Hall–Kier alpha value is -2.14. The van der Waals surface area contributed by atoms with E-state index in [1.807, 2.05) is 24.4 Å². The van der Waals surface area contributed by atoms with Crippen molar-refractivity contribution in [3.8, 4) is 0 Å². The molecule has 1 aromatic heterocycles. The van der Waals surface area contributed by atoms with E-state index in [0.717, 1.165) is 24.5 Å². The van der Waals surface area contributed by atoms with Crippen LogP contribution in [-0.2, 0) is 22.5 Å². The van der Waals surface area contributed by atoms with Crippen LogP contribution in [0.4, 0.5) is 0 Å². The molecule has 118 valence electrons. The van der Waals surface area contributed by atoms with Crippen molar-refractivity contribution < 1.29 is 9.53 Å². The first-order chi connectivity index (χ1) is 10.7. The average molecular weight is 301 g/mol. The zero-order chi connectivity index (χ0) is 15.8. The predicted octanol–water partition coefficient (Wildman–Crippen LogP) is 1.94. The van der Waals surface area contributed by atoms with Gasteiger partial charge >= 0.3 is 0 Å². The molecule has 0 saturated carbocycles. The first-order valence-electron chi connectivity index (χ1n) is 7.51. The first-order valence-corrected chi connectivity index (χ1v) is 7.51. The summed E-state index contributed by atoms with van der Waals surface area (Å²) in [6.45, 7) is 3.90. The maximum Gasteiger partial charge on any atom is 0.222 e. The number of nitrogens with zero attached hydrogens (tertiary/aromatic N) is 2. The Labute approximate surface area is 131 Å². The van der Waals surface area contributed by atoms with Crippen LogP contribution in [0.3, 0.4) is 0 Å². The lowest BCUT2D eigenvalue weighted by molar-refractivity contribution is -0.121. The Morgan fingerprint density at radius 2 is 2.09 bits per heavy atom. The molecule has 1 N–H and O–H groups in total. The molecular weight excluding hydrogens is 278 g/mol. The van der Waals surface area contributed by atoms with E-state index in [4.69, 9.17) is 4.74 Å². The van der Waals surface area contributed by atoms with E-state index >= 15 is 0 Å². The van der Waals surface area contributed by atoms with Gasteiger partial charge in [0, 0.05) is 44.9 Å². The SMILES string of the molecule is COCCC(=O)NCCc1ncc(C)n1Cc1ccccc1. The van der Waals surface area contributed by atoms with Gasteiger partial charge in [-0.05, 0) is 12.5 Å². The van der Waals surface area contributed by atoms with Gasteiger partial charge in [0.1, 0.15) is 5.82 Å². The Balaban J connectivity index is 1.91. The number of carbonyl (C=O) groups excluding carboxylic acids is 1. The molecule has 1 heterocycles. The standard InChI is InChI=1S/C17H23N3O2/c1-14-12-19-16(8-10-18-17(21)9-11-22-2)20(14)13-15-6-4-3-5-7-15/h3-7,12H,8-11,13H2,1-2H3,(H,18,21). The fourth-order valence-corrected chi connectivity index (χ4v) is 2.29. The highest BCUT2D eigenvalue weighted by atomic mass is 16.5. The molecule has 2 aromatic rings. The minimum absolute atomic E-state index is 0.0136. The number of benzene rings is 1. The molecule has 0 atom stereocenters. The first kappa shape index (κ1) is 16.2. The molecule has 22 heavy (non-hydrogen) atoms. The van der Waals surface area contributed by atoms with E-state index in [1.165, 1.54) is 5.56 Å². The van der Waals surface area contributed by atoms with Gasteiger partial charge in [-0.3, -0.25) is 4.79 Å². The zero-order valence-electron chi connectivity index (χ0n) is 13.2. The van der Waals surface area contributed by atoms with Crippen molar-refractivity contribution >= 4 is 5.91 Å². The van der Waals surface area contributed by atoms with Gasteiger partial charge in [0.25, 0.3) is 0 Å². The summed E-state index contributed by atoms with van der Waals surface area (Å²) in [7, 11) is 1.59. The molecule has 0 fully saturated rings. The number of nitrogens with one attached hydrogen (secondary N) is 1. The number of methoxy groups -OCH3 is 1. The second-order valence-electron chi connectivity index (χ2n) is 5.23. The highest BCUT2D eigenvalue weighted by molar-refractivity contribution is 5.75. The normalized spacial score (nSPS) is 10.6. The van der Waals surface area contributed by atoms with Crippen molar-refractivity contribution in [2.75, 3.05) is 20.3 Å². The highest BCUT2D eigenvalue weighted by Crippen LogP contribution is 2.10. The van der Waals surface area contributed by atoms with E-state index < -0.39 is 0 Å². The van der Waals surface area contributed by atoms with Gasteiger partial charge < -0.3 is 14.6 Å². The Morgan fingerprint density at radius 3 is 2.82 bits per heavy atom. The number of hydrogen-bond acceptors (Lipinski definition) is 3. The van der Waals surface area contributed by atoms with E-state index in [0.29, 0.717) is 19.6 Å². The summed E-state index contributed by atoms with van der Waals surface area (Å²) in [4.78, 5) is 16.0. The van der Waals surface area contributed by atoms with Gasteiger partial charge in [-0.1, -0.05) is 30.3 Å². The summed E-state index contributed by atoms with van der Waals surface area (Å²) in [5, 5.41) is 2.89. The summed E-state index contributed by atoms with van der Waals surface area (Å²) in [5.74, 6) is 1.01. The van der Waals surface area contributed by atoms with E-state index in [2.05, 4.69) is 33.9 Å². The van der Waals surface area contributed by atoms with Crippen molar-refractivity contribution in [3.05, 3.63) is 53.6 Å². The molecule has 1 amide bonds. The predicted molar refractivity (Wildman–Crippen MR) is 85.7 cm³/mol. The molecule has 0 spiro atoms. The maximum atomic E-state index is 11.6. The van der Waals surface area contributed by atoms with Gasteiger partial charge in [-0.2, -0.15) is 0 Å². The number of hydrogen-bond donors (Lipinski definition) is 1. The summed E-state index contributed by atoms with van der Waals surface area (Å²) in [6, 6.07) is 10.3. The number of aromatic nitrogens is 2. The average Bonchev–Trinajstić information content (AvgIpc) is 2.87. The molecule has 0 aliphatic carbocycles. The molecule has 5 heteroatoms. The monoisotopic (exact) mass is 301 g/mol. The molecule has 5 nitrogen and oxygen atoms in total. The molecule has 1 aromatic carbocycles. The number of rotatable bonds is 8. The minimum atomic E-state index is 0.0136. The Morgan fingerprint density at radius 1 is 1.32 bits per heavy atom. The van der Waals surface area contributed by atoms with Crippen LogP contribution in [0.25, 0.3) is 0 Å². The fraction of sp³-hybridized carbons (Fsp3) is 0.412. The van der Waals surface area contributed by atoms with E-state index in [1.54, 1.807) is 7.11 Å². The maximum absolute atomic E-state index is 11.6. The topological polar surface area (TPSA) is 56.1 Å². The Kier molecular flexibility index (Phi) is 6.15. The van der Waals surface area contributed by atoms with E-state index in [9.17, 15) is 4.79 Å². The number of aryl methyl sites for hydroxylation is 1. The lowest BCUT2D eigenvalue weighted by atomic mass is 10.2. The van der Waals surface area contributed by atoms with Crippen molar-refractivity contribution in [1.29, 1.82) is 0 Å². The molecule has 0 bridgehead atoms. The smallest absolute Gasteiger partial charge is 0.222 e. The largest absolute Gasteiger partial charge is 0.384 e. The second-order valence-corrected chi connectivity index (χ2v) is 5.23. The highest BCUT2D eigenvalue weighted by Gasteiger charge is 2.08. The van der Waals surface area contributed by atoms with Gasteiger partial charge in [0.05, 0.1) is 6.61 Å². The van der Waals surface area contributed by atoms with Crippen LogP contribution in [0.2, 0.25) is 0 Å². The van der Waals surface area contributed by atoms with Crippen LogP contribution in [-0.4, -0.2) is 35.7 Å². The molecule has 0 unspecified atom stereocenters. The lowest BCUT2D eigenvalue weighted by Gasteiger charge is -2.11. The van der Waals surface area contributed by atoms with Gasteiger partial charge in [-0.15, -0.1) is 0 Å². The summed E-state index contributed by atoms with van der Waals surface area (Å²) >= 11 is 0. The van der Waals surface area contributed by atoms with Crippen LogP contribution in [0.15, 0.2) is 36.5 Å². The molecule has 0 saturated heterocycles. The van der Waals surface area contributed by atoms with Gasteiger partial charge in [0.15, 0.2) is 0 Å². The zero-order valence-corrected chi connectivity index (χ0v) is 13.2. The van der Waals surface area contributed by atoms with Crippen LogP contribution in [0, 0.1) is 6.92 Å². The lowest BCUT2D eigenvalue weighted by Crippen LogP contribution is -2.27. The minimum Gasteiger partial charge on any atom is -0.384 e. The third-order valence-corrected chi connectivity index (χ3v) is 3.53. The quantitative estimate of drug-likeness (QED) is 0.810. The molecule has 2 rings (SSSR count). The summed E-state index contributed by atoms with van der Waals surface area (Å²) < 4.78 is 7.08. The van der Waals surface area contributed by atoms with Crippen LogP contribution in [0.1, 0.15) is 23.5 Å². The van der Waals surface area contributed by atoms with Crippen molar-refractivity contribution in [2.45, 2.75) is 26.3 Å². The fourth-order valence-electron chi connectivity index (χ4n) is 2.29. The van der Waals surface area contributed by atoms with E-state index in [-0.39, 0.29) is 5.91 Å². The van der Waals surface area contributed by atoms with Crippen LogP contribution < -0.4 is 5.32 Å². The number of carbonyl (C=O) groups is 1. The molecule has 0 aliphatic heterocycles. The molecule has 0 radical (unpaired) electrons. The van der Waals surface area contributed by atoms with Crippen molar-refractivity contribution in [1.82, 2.24) is 14.9 Å². The van der Waals surface area contributed by atoms with Crippen LogP contribution in [0.5, 0.6) is 0 Å². The summed E-state index contributed by atoms with van der Waals surface area (Å²) in [6.07, 6.45) is 3.00. The third kappa shape index (κ3) is 4.70. The van der Waals surface area contributed by atoms with Crippen molar-refractivity contribution in [2.24, 2.45) is 0 Å². The van der Waals surface area contributed by atoms with Crippen molar-refractivity contribution in [3.63, 3.8) is 0 Å². The third-order valence-electron chi connectivity index (χ3n) is 3.53. The van der Waals surface area contributed by atoms with Gasteiger partial charge in [0.2, 0.25) is 5.91 Å². The number of imidazole rings is 1.